The molecule has 0 unspecified atom stereocenters. The van der Waals surface area contributed by atoms with Crippen LogP contribution in [0.5, 0.6) is 0 Å². The van der Waals surface area contributed by atoms with Gasteiger partial charge >= 0.3 is 0 Å². The van der Waals surface area contributed by atoms with E-state index < -0.39 is 0 Å². The van der Waals surface area contributed by atoms with E-state index in [1.165, 1.54) is 0 Å². The third kappa shape index (κ3) is 3.76. The molecule has 7 heteroatoms. The first-order valence-electron chi connectivity index (χ1n) is 7.91. The molecule has 0 aliphatic carbocycles. The molecule has 0 spiro atoms. The second-order valence-electron chi connectivity index (χ2n) is 5.81. The summed E-state index contributed by atoms with van der Waals surface area (Å²) in [6.45, 7) is 4.69. The molecule has 2 fully saturated rings. The third-order valence-electron chi connectivity index (χ3n) is 4.34. The van der Waals surface area contributed by atoms with Gasteiger partial charge in [-0.3, -0.25) is 9.59 Å². The van der Waals surface area contributed by atoms with Crippen LogP contribution >= 0.6 is 11.6 Å². The van der Waals surface area contributed by atoms with Crippen molar-refractivity contribution in [2.24, 2.45) is 0 Å². The van der Waals surface area contributed by atoms with Crippen molar-refractivity contribution in [3.63, 3.8) is 0 Å². The van der Waals surface area contributed by atoms with Gasteiger partial charge in [0, 0.05) is 39.3 Å². The molecule has 1 aromatic carbocycles. The van der Waals surface area contributed by atoms with Crippen molar-refractivity contribution in [1.29, 1.82) is 0 Å². The van der Waals surface area contributed by atoms with Crippen molar-refractivity contribution in [3.05, 3.63) is 29.3 Å². The Morgan fingerprint density at radius 3 is 2.57 bits per heavy atom. The second-order valence-corrected chi connectivity index (χ2v) is 6.22. The normalized spacial score (nSPS) is 19.2. The van der Waals surface area contributed by atoms with E-state index in [1.807, 2.05) is 29.2 Å². The molecule has 124 valence electrons. The largest absolute Gasteiger partial charge is 0.367 e. The summed E-state index contributed by atoms with van der Waals surface area (Å²) in [5.74, 6) is 0.0263. The minimum Gasteiger partial charge on any atom is -0.367 e. The highest BCUT2D eigenvalue weighted by Crippen LogP contribution is 2.26. The lowest BCUT2D eigenvalue weighted by Crippen LogP contribution is -2.55. The number of carbonyl (C=O) groups excluding carboxylic acids is 2. The maximum atomic E-state index is 12.4. The van der Waals surface area contributed by atoms with Gasteiger partial charge in [-0.1, -0.05) is 23.7 Å². The van der Waals surface area contributed by atoms with Gasteiger partial charge in [0.1, 0.15) is 0 Å². The van der Waals surface area contributed by atoms with Crippen LogP contribution in [0.25, 0.3) is 0 Å². The number of rotatable bonds is 3. The molecular weight excluding hydrogens is 316 g/mol. The predicted molar refractivity (Wildman–Crippen MR) is 89.7 cm³/mol. The van der Waals surface area contributed by atoms with E-state index in [1.54, 1.807) is 4.90 Å². The summed E-state index contributed by atoms with van der Waals surface area (Å²) in [7, 11) is 0. The Labute approximate surface area is 141 Å². The highest BCUT2D eigenvalue weighted by Gasteiger charge is 2.26. The number of nitrogens with one attached hydrogen (secondary N) is 1. The lowest BCUT2D eigenvalue weighted by molar-refractivity contribution is -0.141. The third-order valence-corrected chi connectivity index (χ3v) is 4.66. The summed E-state index contributed by atoms with van der Waals surface area (Å²) in [5.41, 5.74) is 1.01. The zero-order valence-corrected chi connectivity index (χ0v) is 13.8. The van der Waals surface area contributed by atoms with Crippen LogP contribution in [-0.4, -0.2) is 74.0 Å². The van der Waals surface area contributed by atoms with Crippen LogP contribution in [0.1, 0.15) is 0 Å². The Bertz CT molecular complexity index is 587. The molecule has 2 heterocycles. The van der Waals surface area contributed by atoms with E-state index in [9.17, 15) is 9.59 Å². The molecule has 2 amide bonds. The molecule has 2 saturated heterocycles. The SMILES string of the molecule is O=C(CN1CCNCC1=O)N1CCN(c2ccccc2Cl)CC1. The van der Waals surface area contributed by atoms with Gasteiger partial charge in [-0.05, 0) is 12.1 Å². The number of halogens is 1. The van der Waals surface area contributed by atoms with E-state index in [-0.39, 0.29) is 18.4 Å². The van der Waals surface area contributed by atoms with E-state index in [0.29, 0.717) is 26.2 Å². The van der Waals surface area contributed by atoms with E-state index >= 15 is 0 Å². The molecule has 0 saturated carbocycles. The molecule has 0 aromatic heterocycles. The molecule has 23 heavy (non-hydrogen) atoms. The maximum Gasteiger partial charge on any atom is 0.242 e. The number of nitrogens with zero attached hydrogens (tertiary/aromatic N) is 3. The van der Waals surface area contributed by atoms with Crippen molar-refractivity contribution in [2.75, 3.05) is 57.3 Å². The number of hydrogen-bond acceptors (Lipinski definition) is 4. The topological polar surface area (TPSA) is 55.9 Å². The summed E-state index contributed by atoms with van der Waals surface area (Å²) in [5, 5.41) is 3.75. The first-order chi connectivity index (χ1) is 11.1. The molecule has 0 bridgehead atoms. The first kappa shape index (κ1) is 16.1. The molecule has 3 rings (SSSR count). The van der Waals surface area contributed by atoms with Crippen LogP contribution in [0.15, 0.2) is 24.3 Å². The van der Waals surface area contributed by atoms with Crippen molar-refractivity contribution in [2.45, 2.75) is 0 Å². The molecule has 2 aliphatic heterocycles. The summed E-state index contributed by atoms with van der Waals surface area (Å²) < 4.78 is 0. The Balaban J connectivity index is 1.53. The molecule has 1 aromatic rings. The van der Waals surface area contributed by atoms with E-state index in [0.717, 1.165) is 30.3 Å². The van der Waals surface area contributed by atoms with Crippen LogP contribution in [-0.2, 0) is 9.59 Å². The minimum atomic E-state index is -0.000645. The summed E-state index contributed by atoms with van der Waals surface area (Å²) >= 11 is 6.23. The zero-order valence-electron chi connectivity index (χ0n) is 13.0. The van der Waals surface area contributed by atoms with Gasteiger partial charge < -0.3 is 20.0 Å². The lowest BCUT2D eigenvalue weighted by Gasteiger charge is -2.37. The lowest BCUT2D eigenvalue weighted by atomic mass is 10.2. The van der Waals surface area contributed by atoms with Gasteiger partial charge in [0.15, 0.2) is 0 Å². The Hall–Kier alpha value is -1.79. The first-order valence-corrected chi connectivity index (χ1v) is 8.28. The maximum absolute atomic E-state index is 12.4. The minimum absolute atomic E-state index is 0.000645. The monoisotopic (exact) mass is 336 g/mol. The molecule has 0 radical (unpaired) electrons. The second kappa shape index (κ2) is 7.19. The average molecular weight is 337 g/mol. The number of carbonyl (C=O) groups is 2. The summed E-state index contributed by atoms with van der Waals surface area (Å²) in [6.07, 6.45) is 0. The number of benzene rings is 1. The fourth-order valence-corrected chi connectivity index (χ4v) is 3.24. The van der Waals surface area contributed by atoms with Crippen molar-refractivity contribution in [3.8, 4) is 0 Å². The van der Waals surface area contributed by atoms with Crippen molar-refractivity contribution in [1.82, 2.24) is 15.1 Å². The van der Waals surface area contributed by atoms with Gasteiger partial charge in [0.25, 0.3) is 0 Å². The van der Waals surface area contributed by atoms with Crippen molar-refractivity contribution < 1.29 is 9.59 Å². The van der Waals surface area contributed by atoms with Gasteiger partial charge in [0.2, 0.25) is 11.8 Å². The van der Waals surface area contributed by atoms with Crippen LogP contribution in [0.4, 0.5) is 5.69 Å². The fraction of sp³-hybridized carbons (Fsp3) is 0.500. The number of amides is 2. The number of hydrogen-bond donors (Lipinski definition) is 1. The van der Waals surface area contributed by atoms with E-state index in [4.69, 9.17) is 11.6 Å². The molecule has 2 aliphatic rings. The molecule has 0 atom stereocenters. The molecule has 6 nitrogen and oxygen atoms in total. The van der Waals surface area contributed by atoms with Gasteiger partial charge in [-0.2, -0.15) is 0 Å². The highest BCUT2D eigenvalue weighted by atomic mass is 35.5. The molecular formula is C16H21ClN4O2. The van der Waals surface area contributed by atoms with E-state index in [2.05, 4.69) is 10.2 Å². The standard InChI is InChI=1S/C16H21ClN4O2/c17-13-3-1-2-4-14(13)19-7-9-20(10-8-19)16(23)12-21-6-5-18-11-15(21)22/h1-4,18H,5-12H2. The van der Waals surface area contributed by atoms with Crippen LogP contribution in [0.2, 0.25) is 5.02 Å². The van der Waals surface area contributed by atoms with Gasteiger partial charge in [0.05, 0.1) is 23.8 Å². The number of anilines is 1. The van der Waals surface area contributed by atoms with Gasteiger partial charge in [-0.25, -0.2) is 0 Å². The molecule has 1 N–H and O–H groups in total. The summed E-state index contributed by atoms with van der Waals surface area (Å²) in [4.78, 5) is 29.8. The Morgan fingerprint density at radius 1 is 1.13 bits per heavy atom. The average Bonchev–Trinajstić information content (AvgIpc) is 2.57. The predicted octanol–water partition coefficient (Wildman–Crippen LogP) is 0.420. The number of piperazine rings is 2. The van der Waals surface area contributed by atoms with Gasteiger partial charge in [-0.15, -0.1) is 0 Å². The van der Waals surface area contributed by atoms with Crippen LogP contribution < -0.4 is 10.2 Å². The zero-order chi connectivity index (χ0) is 16.2. The smallest absolute Gasteiger partial charge is 0.242 e. The Kier molecular flexibility index (Phi) is 5.03. The highest BCUT2D eigenvalue weighted by molar-refractivity contribution is 6.33. The Morgan fingerprint density at radius 2 is 1.87 bits per heavy atom. The van der Waals surface area contributed by atoms with Crippen molar-refractivity contribution >= 4 is 29.1 Å². The quantitative estimate of drug-likeness (QED) is 0.869. The van der Waals surface area contributed by atoms with Crippen LogP contribution in [0.3, 0.4) is 0 Å². The van der Waals surface area contributed by atoms with Crippen LogP contribution in [0, 0.1) is 0 Å². The summed E-state index contributed by atoms with van der Waals surface area (Å²) in [6, 6.07) is 7.76. The fourth-order valence-electron chi connectivity index (χ4n) is 2.98. The number of para-hydroxylation sites is 1.